The third-order valence-electron chi connectivity index (χ3n) is 5.20. The number of fused-ring (bicyclic) bond motifs is 1. The molecule has 0 atom stereocenters. The fraction of sp³-hybridized carbons (Fsp3) is 0.429. The summed E-state index contributed by atoms with van der Waals surface area (Å²) in [5, 5.41) is 11.9. The Labute approximate surface area is 172 Å². The van der Waals surface area contributed by atoms with Gasteiger partial charge in [-0.15, -0.1) is 10.2 Å². The van der Waals surface area contributed by atoms with Gasteiger partial charge in [0.1, 0.15) is 0 Å². The van der Waals surface area contributed by atoms with Crippen molar-refractivity contribution >= 4 is 22.6 Å². The summed E-state index contributed by atoms with van der Waals surface area (Å²) in [6.45, 7) is 3.38. The normalized spacial score (nSPS) is 16.1. The van der Waals surface area contributed by atoms with Crippen LogP contribution in [0.5, 0.6) is 0 Å². The lowest BCUT2D eigenvalue weighted by Gasteiger charge is -2.32. The van der Waals surface area contributed by atoms with Gasteiger partial charge < -0.3 is 9.73 Å². The number of alkyl halides is 2. The summed E-state index contributed by atoms with van der Waals surface area (Å²) in [6, 6.07) is 7.38. The molecule has 1 aliphatic rings. The first-order valence-corrected chi connectivity index (χ1v) is 9.88. The zero-order valence-corrected chi connectivity index (χ0v) is 16.9. The quantitative estimate of drug-likeness (QED) is 0.680. The van der Waals surface area contributed by atoms with Crippen molar-refractivity contribution in [2.45, 2.75) is 32.6 Å². The fourth-order valence-electron chi connectivity index (χ4n) is 3.73. The van der Waals surface area contributed by atoms with E-state index in [2.05, 4.69) is 20.5 Å². The number of benzene rings is 1. The Kier molecular flexibility index (Phi) is 5.46. The standard InChI is InChI=1S/C21H23F2N5O2/c1-13-24-11-18(30-13)15-3-4-17-16(9-15)10-19(27-26-17)25-20(29)14-5-7-28(8-6-14)12-21(2,22)23/h3-4,9-11,14H,5-8,12H2,1-2H3,(H,25,27,29). The SMILES string of the molecule is Cc1ncc(-c2ccc3nnc(NC(=O)C4CCN(CC(C)(F)F)CC4)cc3c2)o1. The molecule has 7 nitrogen and oxygen atoms in total. The lowest BCUT2D eigenvalue weighted by atomic mass is 9.95. The lowest BCUT2D eigenvalue weighted by Crippen LogP contribution is -2.42. The van der Waals surface area contributed by atoms with Crippen molar-refractivity contribution in [3.8, 4) is 11.3 Å². The number of carbonyl (C=O) groups is 1. The van der Waals surface area contributed by atoms with Crippen molar-refractivity contribution in [2.24, 2.45) is 5.92 Å². The van der Waals surface area contributed by atoms with Crippen LogP contribution in [0.15, 0.2) is 34.9 Å². The predicted molar refractivity (Wildman–Crippen MR) is 108 cm³/mol. The third-order valence-corrected chi connectivity index (χ3v) is 5.20. The molecule has 2 aromatic heterocycles. The molecule has 30 heavy (non-hydrogen) atoms. The number of rotatable bonds is 5. The Balaban J connectivity index is 1.43. The highest BCUT2D eigenvalue weighted by Crippen LogP contribution is 2.26. The summed E-state index contributed by atoms with van der Waals surface area (Å²) >= 11 is 0. The molecule has 1 saturated heterocycles. The van der Waals surface area contributed by atoms with Crippen molar-refractivity contribution in [1.29, 1.82) is 0 Å². The van der Waals surface area contributed by atoms with E-state index in [0.29, 0.717) is 48.9 Å². The number of piperidine rings is 1. The topological polar surface area (TPSA) is 84.2 Å². The molecule has 1 aromatic carbocycles. The van der Waals surface area contributed by atoms with Crippen molar-refractivity contribution < 1.29 is 18.0 Å². The van der Waals surface area contributed by atoms with Gasteiger partial charge in [0.15, 0.2) is 17.5 Å². The van der Waals surface area contributed by atoms with Crippen LogP contribution in [0.3, 0.4) is 0 Å². The third kappa shape index (κ3) is 4.79. The molecule has 1 amide bonds. The highest BCUT2D eigenvalue weighted by Gasteiger charge is 2.30. The van der Waals surface area contributed by atoms with Crippen LogP contribution in [-0.2, 0) is 4.79 Å². The Morgan fingerprint density at radius 2 is 2.03 bits per heavy atom. The number of oxazole rings is 1. The Morgan fingerprint density at radius 3 is 2.70 bits per heavy atom. The average Bonchev–Trinajstić information content (AvgIpc) is 3.13. The first-order valence-electron chi connectivity index (χ1n) is 9.88. The molecule has 0 saturated carbocycles. The molecule has 1 fully saturated rings. The minimum atomic E-state index is -2.72. The van der Waals surface area contributed by atoms with Crippen LogP contribution in [0.4, 0.5) is 14.6 Å². The number of nitrogens with one attached hydrogen (secondary N) is 1. The highest BCUT2D eigenvalue weighted by atomic mass is 19.3. The van der Waals surface area contributed by atoms with Crippen molar-refractivity contribution in [1.82, 2.24) is 20.1 Å². The van der Waals surface area contributed by atoms with Crippen LogP contribution in [0.25, 0.3) is 22.2 Å². The average molecular weight is 415 g/mol. The number of nitrogens with zero attached hydrogens (tertiary/aromatic N) is 4. The van der Waals surface area contributed by atoms with Gasteiger partial charge in [-0.2, -0.15) is 0 Å². The van der Waals surface area contributed by atoms with Gasteiger partial charge in [0.05, 0.1) is 18.3 Å². The molecular weight excluding hydrogens is 392 g/mol. The number of amides is 1. The largest absolute Gasteiger partial charge is 0.441 e. The van der Waals surface area contributed by atoms with Crippen molar-refractivity contribution in [3.63, 3.8) is 0 Å². The predicted octanol–water partition coefficient (Wildman–Crippen LogP) is 3.90. The number of aromatic nitrogens is 3. The smallest absolute Gasteiger partial charge is 0.257 e. The summed E-state index contributed by atoms with van der Waals surface area (Å²) in [7, 11) is 0. The molecule has 1 N–H and O–H groups in total. The summed E-state index contributed by atoms with van der Waals surface area (Å²) in [5.41, 5.74) is 1.55. The maximum atomic E-state index is 13.2. The number of anilines is 1. The van der Waals surface area contributed by atoms with Gasteiger partial charge in [0.2, 0.25) is 5.91 Å². The Morgan fingerprint density at radius 1 is 1.27 bits per heavy atom. The second-order valence-electron chi connectivity index (χ2n) is 7.86. The van der Waals surface area contributed by atoms with Crippen LogP contribution in [0.1, 0.15) is 25.7 Å². The zero-order valence-electron chi connectivity index (χ0n) is 16.9. The van der Waals surface area contributed by atoms with Gasteiger partial charge in [-0.25, -0.2) is 13.8 Å². The van der Waals surface area contributed by atoms with E-state index in [1.807, 2.05) is 18.2 Å². The molecule has 158 valence electrons. The van der Waals surface area contributed by atoms with Crippen LogP contribution in [-0.4, -0.2) is 51.5 Å². The fourth-order valence-corrected chi connectivity index (χ4v) is 3.73. The second kappa shape index (κ2) is 8.06. The number of halogens is 2. The molecule has 1 aliphatic heterocycles. The van der Waals surface area contributed by atoms with E-state index >= 15 is 0 Å². The maximum Gasteiger partial charge on any atom is 0.257 e. The van der Waals surface area contributed by atoms with E-state index in [9.17, 15) is 13.6 Å². The van der Waals surface area contributed by atoms with Gasteiger partial charge in [-0.3, -0.25) is 9.69 Å². The Bertz CT molecular complexity index is 1050. The molecule has 0 bridgehead atoms. The maximum absolute atomic E-state index is 13.2. The lowest BCUT2D eigenvalue weighted by molar-refractivity contribution is -0.121. The number of aryl methyl sites for hydroxylation is 1. The van der Waals surface area contributed by atoms with Crippen LogP contribution < -0.4 is 5.32 Å². The summed E-state index contributed by atoms with van der Waals surface area (Å²) < 4.78 is 31.9. The highest BCUT2D eigenvalue weighted by molar-refractivity contribution is 5.94. The molecule has 0 radical (unpaired) electrons. The molecule has 0 aliphatic carbocycles. The van der Waals surface area contributed by atoms with Gasteiger partial charge in [0.25, 0.3) is 5.92 Å². The molecule has 3 heterocycles. The van der Waals surface area contributed by atoms with E-state index in [1.54, 1.807) is 24.1 Å². The van der Waals surface area contributed by atoms with Crippen LogP contribution in [0, 0.1) is 12.8 Å². The summed E-state index contributed by atoms with van der Waals surface area (Å²) in [6.07, 6.45) is 2.74. The van der Waals surface area contributed by atoms with Gasteiger partial charge >= 0.3 is 0 Å². The number of hydrogen-bond donors (Lipinski definition) is 1. The number of carbonyl (C=O) groups excluding carboxylic acids is 1. The molecule has 4 rings (SSSR count). The van der Waals surface area contributed by atoms with Gasteiger partial charge in [-0.05, 0) is 50.2 Å². The van der Waals surface area contributed by atoms with Gasteiger partial charge in [-0.1, -0.05) is 0 Å². The van der Waals surface area contributed by atoms with Crippen LogP contribution in [0.2, 0.25) is 0 Å². The molecular formula is C21H23F2N5O2. The van der Waals surface area contributed by atoms with E-state index in [-0.39, 0.29) is 18.4 Å². The van der Waals surface area contributed by atoms with E-state index in [4.69, 9.17) is 4.42 Å². The minimum absolute atomic E-state index is 0.159. The van der Waals surface area contributed by atoms with Crippen LogP contribution >= 0.6 is 0 Å². The van der Waals surface area contributed by atoms with E-state index in [1.165, 1.54) is 0 Å². The first-order chi connectivity index (χ1) is 14.3. The minimum Gasteiger partial charge on any atom is -0.441 e. The first kappa shape index (κ1) is 20.3. The number of likely N-dealkylation sites (tertiary alicyclic amines) is 1. The second-order valence-corrected chi connectivity index (χ2v) is 7.86. The molecule has 0 spiro atoms. The molecule has 9 heteroatoms. The summed E-state index contributed by atoms with van der Waals surface area (Å²) in [4.78, 5) is 18.4. The number of hydrogen-bond acceptors (Lipinski definition) is 6. The van der Waals surface area contributed by atoms with E-state index < -0.39 is 5.92 Å². The monoisotopic (exact) mass is 415 g/mol. The van der Waals surface area contributed by atoms with Gasteiger partial charge in [0, 0.05) is 30.7 Å². The van der Waals surface area contributed by atoms with E-state index in [0.717, 1.165) is 17.9 Å². The Hall–Kier alpha value is -2.94. The molecule has 0 unspecified atom stereocenters. The van der Waals surface area contributed by atoms with Crippen molar-refractivity contribution in [2.75, 3.05) is 25.0 Å². The van der Waals surface area contributed by atoms with Crippen molar-refractivity contribution in [3.05, 3.63) is 36.4 Å². The zero-order chi connectivity index (χ0) is 21.3. The summed E-state index contributed by atoms with van der Waals surface area (Å²) in [5.74, 6) is -1.51. The molecule has 3 aromatic rings.